The van der Waals surface area contributed by atoms with Gasteiger partial charge in [0.05, 0.1) is 6.17 Å². The predicted molar refractivity (Wildman–Crippen MR) is 165 cm³/mol. The van der Waals surface area contributed by atoms with E-state index in [1.165, 1.54) is 64.3 Å². The van der Waals surface area contributed by atoms with Gasteiger partial charge in [-0.15, -0.1) is 0 Å². The van der Waals surface area contributed by atoms with Gasteiger partial charge in [-0.2, -0.15) is 0 Å². The first-order valence-corrected chi connectivity index (χ1v) is 18.9. The zero-order valence-corrected chi connectivity index (χ0v) is 25.5. The molecule has 1 N–H and O–H groups in total. The van der Waals surface area contributed by atoms with Crippen molar-refractivity contribution in [3.63, 3.8) is 0 Å². The van der Waals surface area contributed by atoms with E-state index in [9.17, 15) is 0 Å². The van der Waals surface area contributed by atoms with Crippen molar-refractivity contribution in [1.82, 2.24) is 10.2 Å². The van der Waals surface area contributed by atoms with Crippen molar-refractivity contribution in [2.45, 2.75) is 190 Å². The van der Waals surface area contributed by atoms with E-state index in [4.69, 9.17) is 0 Å². The maximum Gasteiger partial charge on any atom is 0.150 e. The number of hydrogen-bond acceptors (Lipinski definition) is 2. The van der Waals surface area contributed by atoms with Crippen molar-refractivity contribution in [2.75, 3.05) is 6.54 Å². The van der Waals surface area contributed by atoms with Crippen LogP contribution in [-0.2, 0) is 0 Å². The van der Waals surface area contributed by atoms with E-state index < -0.39 is 0 Å². The molecule has 2 nitrogen and oxygen atoms in total. The molecule has 8 fully saturated rings. The van der Waals surface area contributed by atoms with Gasteiger partial charge < -0.3 is 5.32 Å². The average molecular weight is 533 g/mol. The van der Waals surface area contributed by atoms with Gasteiger partial charge in [-0.1, -0.05) is 133 Å². The maximum absolute atomic E-state index is 4.36. The van der Waals surface area contributed by atoms with Crippen LogP contribution < -0.4 is 5.32 Å². The third-order valence-corrected chi connectivity index (χ3v) is 15.2. The lowest BCUT2D eigenvalue weighted by molar-refractivity contribution is -0.220. The molecule has 3 saturated heterocycles. The molecule has 0 aromatic carbocycles. The summed E-state index contributed by atoms with van der Waals surface area (Å²) in [6.07, 6.45) is 38.0. The quantitative estimate of drug-likeness (QED) is 0.356. The first-order valence-electron chi connectivity index (χ1n) is 18.9. The summed E-state index contributed by atoms with van der Waals surface area (Å²) in [6, 6.07) is 1.80. The molecule has 39 heavy (non-hydrogen) atoms. The second-order valence-corrected chi connectivity index (χ2v) is 16.4. The third-order valence-electron chi connectivity index (χ3n) is 15.2. The summed E-state index contributed by atoms with van der Waals surface area (Å²) in [5.41, 5.74) is 0.676. The predicted octanol–water partition coefficient (Wildman–Crippen LogP) is 9.47. The van der Waals surface area contributed by atoms with E-state index in [1.54, 1.807) is 96.3 Å². The standard InChI is InChI=1S/C36H61BN2/c1-3-14-26(15-4-1)37-32-22-10-7-18-28(32)36(29-19-8-11-23-33(29)37)30-20-9-12-24-34(30)39(27-16-5-2-6-17-27)35-31(36)21-13-25-38-35/h26-35,38H,1-25H2. The number of hydrogen-bond donors (Lipinski definition) is 1. The first-order chi connectivity index (χ1) is 19.4. The number of rotatable bonds is 2. The van der Waals surface area contributed by atoms with Crippen LogP contribution in [0.5, 0.6) is 0 Å². The number of likely N-dealkylation sites (tertiary alicyclic amines) is 1. The summed E-state index contributed by atoms with van der Waals surface area (Å²) in [5, 5.41) is 4.36. The Morgan fingerprint density at radius 3 is 1.72 bits per heavy atom. The van der Waals surface area contributed by atoms with Gasteiger partial charge in [-0.3, -0.25) is 4.90 Å². The van der Waals surface area contributed by atoms with Gasteiger partial charge in [0.15, 0.2) is 0 Å². The molecule has 1 spiro atoms. The Morgan fingerprint density at radius 1 is 0.487 bits per heavy atom. The van der Waals surface area contributed by atoms with Crippen molar-refractivity contribution in [1.29, 1.82) is 0 Å². The molecule has 8 rings (SSSR count). The molecule has 3 aliphatic heterocycles. The van der Waals surface area contributed by atoms with Gasteiger partial charge in [0, 0.05) is 12.1 Å². The molecule has 3 heteroatoms. The van der Waals surface area contributed by atoms with Crippen molar-refractivity contribution in [3.8, 4) is 0 Å². The summed E-state index contributed by atoms with van der Waals surface area (Å²) in [6.45, 7) is 2.41. The van der Waals surface area contributed by atoms with Gasteiger partial charge in [0.1, 0.15) is 6.71 Å². The van der Waals surface area contributed by atoms with Crippen LogP contribution >= 0.6 is 0 Å². The normalized spacial score (nSPS) is 48.2. The van der Waals surface area contributed by atoms with Crippen LogP contribution in [0, 0.1) is 29.1 Å². The molecule has 218 valence electrons. The zero-order chi connectivity index (χ0) is 25.8. The fraction of sp³-hybridized carbons (Fsp3) is 1.00. The van der Waals surface area contributed by atoms with Gasteiger partial charge in [0.2, 0.25) is 0 Å². The van der Waals surface area contributed by atoms with Crippen LogP contribution in [0.2, 0.25) is 17.5 Å². The maximum atomic E-state index is 4.36. The minimum atomic E-state index is 0.676. The molecule has 0 radical (unpaired) electrons. The smallest absolute Gasteiger partial charge is 0.150 e. The van der Waals surface area contributed by atoms with Crippen LogP contribution in [-0.4, -0.2) is 36.4 Å². The molecule has 0 aromatic heterocycles. The Labute approximate surface area is 242 Å². The summed E-state index contributed by atoms with van der Waals surface area (Å²) < 4.78 is 0. The van der Waals surface area contributed by atoms with Crippen molar-refractivity contribution < 1.29 is 0 Å². The SMILES string of the molecule is C1CCC(B2C3CCCCC3C3(C4CCCCC24)C2CCCCC2N(C2CCCCC2)C2NCCCC23)CC1. The Kier molecular flexibility index (Phi) is 7.67. The molecular weight excluding hydrogens is 471 g/mol. The van der Waals surface area contributed by atoms with E-state index in [-0.39, 0.29) is 0 Å². The monoisotopic (exact) mass is 532 g/mol. The van der Waals surface area contributed by atoms with Crippen LogP contribution in [0.25, 0.3) is 0 Å². The molecular formula is C36H61BN2. The lowest BCUT2D eigenvalue weighted by atomic mass is 9.15. The van der Waals surface area contributed by atoms with E-state index in [0.29, 0.717) is 5.41 Å². The number of fused-ring (bicyclic) bond motifs is 8. The van der Waals surface area contributed by atoms with Crippen molar-refractivity contribution >= 4 is 6.71 Å². The highest BCUT2D eigenvalue weighted by Crippen LogP contribution is 2.74. The molecule has 8 atom stereocenters. The van der Waals surface area contributed by atoms with Gasteiger partial charge in [0.25, 0.3) is 0 Å². The fourth-order valence-corrected chi connectivity index (χ4v) is 14.5. The summed E-state index contributed by atoms with van der Waals surface area (Å²) in [7, 11) is 0. The molecule has 5 saturated carbocycles. The third kappa shape index (κ3) is 4.22. The van der Waals surface area contributed by atoms with Crippen LogP contribution in [0.15, 0.2) is 0 Å². The molecule has 3 heterocycles. The van der Waals surface area contributed by atoms with E-state index >= 15 is 0 Å². The second-order valence-electron chi connectivity index (χ2n) is 16.4. The van der Waals surface area contributed by atoms with Crippen molar-refractivity contribution in [3.05, 3.63) is 0 Å². The molecule has 0 amide bonds. The first kappa shape index (κ1) is 26.6. The summed E-state index contributed by atoms with van der Waals surface area (Å²) in [4.78, 5) is 3.28. The minimum Gasteiger partial charge on any atom is -0.301 e. The van der Waals surface area contributed by atoms with Gasteiger partial charge in [-0.05, 0) is 74.2 Å². The van der Waals surface area contributed by atoms with E-state index in [1.807, 2.05) is 0 Å². The Morgan fingerprint density at radius 2 is 1.03 bits per heavy atom. The Bertz CT molecular complexity index is 712. The lowest BCUT2D eigenvalue weighted by Crippen LogP contribution is -2.76. The highest BCUT2D eigenvalue weighted by molar-refractivity contribution is 6.64. The minimum absolute atomic E-state index is 0.676. The van der Waals surface area contributed by atoms with E-state index in [2.05, 4.69) is 10.2 Å². The van der Waals surface area contributed by atoms with E-state index in [0.717, 1.165) is 66.1 Å². The number of nitrogens with zero attached hydrogens (tertiary/aromatic N) is 1. The molecule has 0 bridgehead atoms. The molecule has 5 aliphatic carbocycles. The largest absolute Gasteiger partial charge is 0.301 e. The Hall–Kier alpha value is -0.0151. The highest BCUT2D eigenvalue weighted by Gasteiger charge is 2.70. The number of piperidine rings is 2. The van der Waals surface area contributed by atoms with Crippen LogP contribution in [0.4, 0.5) is 0 Å². The van der Waals surface area contributed by atoms with Crippen molar-refractivity contribution in [2.24, 2.45) is 29.1 Å². The zero-order valence-electron chi connectivity index (χ0n) is 25.5. The summed E-state index contributed by atoms with van der Waals surface area (Å²) >= 11 is 0. The molecule has 8 aliphatic rings. The van der Waals surface area contributed by atoms with Crippen LogP contribution in [0.3, 0.4) is 0 Å². The van der Waals surface area contributed by atoms with Crippen LogP contribution in [0.1, 0.15) is 154 Å². The summed E-state index contributed by atoms with van der Waals surface area (Å²) in [5.74, 6) is 7.40. The second kappa shape index (κ2) is 11.2. The Balaban J connectivity index is 1.26. The van der Waals surface area contributed by atoms with Gasteiger partial charge in [-0.25, -0.2) is 0 Å². The van der Waals surface area contributed by atoms with Gasteiger partial charge >= 0.3 is 0 Å². The fourth-order valence-electron chi connectivity index (χ4n) is 14.5. The topological polar surface area (TPSA) is 15.3 Å². The highest BCUT2D eigenvalue weighted by atomic mass is 15.3. The lowest BCUT2D eigenvalue weighted by Gasteiger charge is -2.74. The number of nitrogens with one attached hydrogen (secondary N) is 1. The molecule has 8 unspecified atom stereocenters. The molecule has 0 aromatic rings. The average Bonchev–Trinajstić information content (AvgIpc) is 3.02.